The number of hydrogen-bond acceptors (Lipinski definition) is 7. The van der Waals surface area contributed by atoms with Crippen molar-refractivity contribution in [3.8, 4) is 11.9 Å². The van der Waals surface area contributed by atoms with Gasteiger partial charge in [-0.1, -0.05) is 42.5 Å². The fraction of sp³-hybridized carbons (Fsp3) is 0.0909. The monoisotopic (exact) mass is 431 g/mol. The molecule has 1 heterocycles. The Kier molecular flexibility index (Phi) is 6.41. The van der Waals surface area contributed by atoms with Crippen LogP contribution in [0.1, 0.15) is 32.6 Å². The number of pyridine rings is 1. The Hall–Kier alpha value is -4.78. The van der Waals surface area contributed by atoms with E-state index in [0.29, 0.717) is 0 Å². The highest BCUT2D eigenvalue weighted by Crippen LogP contribution is 2.21. The largest absolute Gasteiger partial charge is 0.494 e. The molecule has 3 rings (SSSR count). The Morgan fingerprint density at radius 3 is 2.56 bits per heavy atom. The van der Waals surface area contributed by atoms with Gasteiger partial charge in [-0.05, 0) is 24.1 Å². The van der Waals surface area contributed by atoms with Gasteiger partial charge in [0.25, 0.3) is 17.2 Å². The van der Waals surface area contributed by atoms with Gasteiger partial charge in [0, 0.05) is 6.07 Å². The zero-order valence-corrected chi connectivity index (χ0v) is 16.8. The lowest BCUT2D eigenvalue weighted by molar-refractivity contribution is -0.385. The lowest BCUT2D eigenvalue weighted by Gasteiger charge is -2.14. The van der Waals surface area contributed by atoms with Gasteiger partial charge in [0.05, 0.1) is 23.2 Å². The summed E-state index contributed by atoms with van der Waals surface area (Å²) < 4.78 is 1.03. The summed E-state index contributed by atoms with van der Waals surface area (Å²) in [5.41, 5.74) is 1.71. The van der Waals surface area contributed by atoms with E-state index in [1.54, 1.807) is 30.3 Å². The van der Waals surface area contributed by atoms with Crippen LogP contribution in [-0.4, -0.2) is 26.7 Å². The highest BCUT2D eigenvalue weighted by molar-refractivity contribution is 5.98. The first-order valence-corrected chi connectivity index (χ1v) is 9.32. The molecular weight excluding hydrogens is 414 g/mol. The number of carbonyl (C=O) groups is 1. The third-order valence-electron chi connectivity index (χ3n) is 4.74. The predicted octanol–water partition coefficient (Wildman–Crippen LogP) is 2.45. The Labute approximate surface area is 181 Å². The molecule has 2 N–H and O–H groups in total. The number of hydrogen-bond donors (Lipinski definition) is 2. The summed E-state index contributed by atoms with van der Waals surface area (Å²) in [4.78, 5) is 35.4. The molecule has 3 aromatic rings. The summed E-state index contributed by atoms with van der Waals surface area (Å²) in [5, 5.41) is 35.0. The lowest BCUT2D eigenvalue weighted by atomic mass is 10.1. The topological polar surface area (TPSA) is 151 Å². The maximum absolute atomic E-state index is 12.7. The number of para-hydroxylation sites is 1. The third-order valence-corrected chi connectivity index (χ3v) is 4.74. The number of aromatic hydroxyl groups is 1. The van der Waals surface area contributed by atoms with Crippen molar-refractivity contribution in [3.63, 3.8) is 0 Å². The molecule has 0 aliphatic carbocycles. The third kappa shape index (κ3) is 4.36. The average Bonchev–Trinajstić information content (AvgIpc) is 2.79. The van der Waals surface area contributed by atoms with Gasteiger partial charge in [0.15, 0.2) is 0 Å². The maximum Gasteiger partial charge on any atom is 0.282 e. The molecule has 0 saturated carbocycles. The van der Waals surface area contributed by atoms with Gasteiger partial charge in [0.2, 0.25) is 5.88 Å². The second-order valence-corrected chi connectivity index (χ2v) is 6.70. The van der Waals surface area contributed by atoms with E-state index in [1.165, 1.54) is 31.2 Å². The quantitative estimate of drug-likeness (QED) is 0.348. The summed E-state index contributed by atoms with van der Waals surface area (Å²) in [5.74, 6) is -1.26. The first kappa shape index (κ1) is 21.9. The van der Waals surface area contributed by atoms with Crippen molar-refractivity contribution in [2.45, 2.75) is 13.5 Å². The number of hydrazone groups is 1. The Bertz CT molecular complexity index is 1320. The fourth-order valence-corrected chi connectivity index (χ4v) is 3.08. The molecule has 0 saturated heterocycles. The van der Waals surface area contributed by atoms with E-state index < -0.39 is 22.3 Å². The van der Waals surface area contributed by atoms with Crippen LogP contribution in [0.15, 0.2) is 64.5 Å². The second kappa shape index (κ2) is 9.36. The highest BCUT2D eigenvalue weighted by Gasteiger charge is 2.20. The van der Waals surface area contributed by atoms with Gasteiger partial charge in [-0.25, -0.2) is 5.43 Å². The summed E-state index contributed by atoms with van der Waals surface area (Å²) in [6.45, 7) is 1.49. The van der Waals surface area contributed by atoms with Gasteiger partial charge in [0.1, 0.15) is 17.2 Å². The van der Waals surface area contributed by atoms with Crippen LogP contribution in [0.5, 0.6) is 5.88 Å². The number of nitro benzene ring substituents is 1. The zero-order chi connectivity index (χ0) is 23.3. The van der Waals surface area contributed by atoms with E-state index in [0.717, 1.165) is 16.3 Å². The molecule has 10 heteroatoms. The molecule has 0 atom stereocenters. The van der Waals surface area contributed by atoms with Crippen molar-refractivity contribution in [1.82, 2.24) is 9.99 Å². The van der Waals surface area contributed by atoms with E-state index in [4.69, 9.17) is 0 Å². The van der Waals surface area contributed by atoms with Crippen LogP contribution in [0.25, 0.3) is 0 Å². The van der Waals surface area contributed by atoms with Crippen LogP contribution >= 0.6 is 0 Å². The van der Waals surface area contributed by atoms with E-state index in [9.17, 15) is 30.1 Å². The minimum Gasteiger partial charge on any atom is -0.494 e. The number of nitrogens with zero attached hydrogens (tertiary/aromatic N) is 4. The smallest absolute Gasteiger partial charge is 0.282 e. The Morgan fingerprint density at radius 1 is 1.25 bits per heavy atom. The number of rotatable bonds is 6. The molecule has 0 bridgehead atoms. The number of nitrogens with one attached hydrogen (secondary N) is 1. The van der Waals surface area contributed by atoms with Gasteiger partial charge in [-0.15, -0.1) is 0 Å². The molecule has 0 fully saturated rings. The van der Waals surface area contributed by atoms with Gasteiger partial charge in [-0.2, -0.15) is 10.4 Å². The molecule has 32 heavy (non-hydrogen) atoms. The van der Waals surface area contributed by atoms with Crippen molar-refractivity contribution in [2.24, 2.45) is 5.10 Å². The van der Waals surface area contributed by atoms with Crippen LogP contribution in [0.4, 0.5) is 5.69 Å². The summed E-state index contributed by atoms with van der Waals surface area (Å²) in [6, 6.07) is 16.1. The molecule has 0 radical (unpaired) electrons. The van der Waals surface area contributed by atoms with Crippen molar-refractivity contribution in [3.05, 3.63) is 103 Å². The van der Waals surface area contributed by atoms with Crippen molar-refractivity contribution in [1.29, 1.82) is 5.26 Å². The van der Waals surface area contributed by atoms with E-state index in [2.05, 4.69) is 10.5 Å². The molecule has 0 aliphatic rings. The van der Waals surface area contributed by atoms with Crippen molar-refractivity contribution >= 4 is 17.8 Å². The molecular formula is C22H17N5O5. The number of nitro groups is 1. The molecule has 10 nitrogen and oxygen atoms in total. The molecule has 160 valence electrons. The minimum absolute atomic E-state index is 0.0177. The van der Waals surface area contributed by atoms with Gasteiger partial charge in [-0.3, -0.25) is 24.3 Å². The zero-order valence-electron chi connectivity index (χ0n) is 16.8. The predicted molar refractivity (Wildman–Crippen MR) is 116 cm³/mol. The van der Waals surface area contributed by atoms with Crippen LogP contribution in [0.2, 0.25) is 0 Å². The van der Waals surface area contributed by atoms with Crippen LogP contribution < -0.4 is 11.0 Å². The lowest BCUT2D eigenvalue weighted by Crippen LogP contribution is -2.26. The van der Waals surface area contributed by atoms with Crippen LogP contribution in [0.3, 0.4) is 0 Å². The SMILES string of the molecule is Cc1c(/C=N/NC(=O)c2ccccc2[N+](=O)[O-])c(O)n(Cc2ccccc2)c(=O)c1C#N. The van der Waals surface area contributed by atoms with Crippen molar-refractivity contribution < 1.29 is 14.8 Å². The van der Waals surface area contributed by atoms with Crippen LogP contribution in [0, 0.1) is 28.4 Å². The number of amides is 1. The number of nitriles is 1. The van der Waals surface area contributed by atoms with Crippen molar-refractivity contribution in [2.75, 3.05) is 0 Å². The summed E-state index contributed by atoms with van der Waals surface area (Å²) in [6.07, 6.45) is 1.08. The molecule has 1 aromatic heterocycles. The minimum atomic E-state index is -0.830. The Balaban J connectivity index is 1.96. The van der Waals surface area contributed by atoms with E-state index in [-0.39, 0.29) is 34.5 Å². The first-order chi connectivity index (χ1) is 15.3. The van der Waals surface area contributed by atoms with E-state index >= 15 is 0 Å². The number of carbonyl (C=O) groups excluding carboxylic acids is 1. The highest BCUT2D eigenvalue weighted by atomic mass is 16.6. The second-order valence-electron chi connectivity index (χ2n) is 6.70. The summed E-state index contributed by atoms with van der Waals surface area (Å²) >= 11 is 0. The first-order valence-electron chi connectivity index (χ1n) is 9.32. The maximum atomic E-state index is 12.7. The summed E-state index contributed by atoms with van der Waals surface area (Å²) in [7, 11) is 0. The van der Waals surface area contributed by atoms with Gasteiger partial charge < -0.3 is 5.11 Å². The van der Waals surface area contributed by atoms with E-state index in [1.807, 2.05) is 6.07 Å². The number of aromatic nitrogens is 1. The average molecular weight is 431 g/mol. The van der Waals surface area contributed by atoms with Gasteiger partial charge >= 0.3 is 0 Å². The molecule has 1 amide bonds. The van der Waals surface area contributed by atoms with Crippen LogP contribution in [-0.2, 0) is 6.54 Å². The molecule has 0 spiro atoms. The molecule has 0 unspecified atom stereocenters. The molecule has 2 aromatic carbocycles. The fourth-order valence-electron chi connectivity index (χ4n) is 3.08. The Morgan fingerprint density at radius 2 is 1.91 bits per heavy atom. The standard InChI is InChI=1S/C22H17N5O5/c1-14-17(11-23)21(29)26(13-15-7-3-2-4-8-15)22(30)18(14)12-24-25-20(28)16-9-5-6-10-19(16)27(31)32/h2-10,12,30H,13H2,1H3,(H,25,28)/b24-12+. The normalized spacial score (nSPS) is 10.6. The molecule has 0 aliphatic heterocycles. The number of benzene rings is 2.